The highest BCUT2D eigenvalue weighted by atomic mass is 32.1. The molecular formula is C14H16N2O2S. The van der Waals surface area contributed by atoms with E-state index in [0.717, 1.165) is 16.4 Å². The molecular weight excluding hydrogens is 260 g/mol. The Morgan fingerprint density at radius 1 is 1.37 bits per heavy atom. The minimum absolute atomic E-state index is 0.0601. The van der Waals surface area contributed by atoms with Crippen molar-refractivity contribution < 1.29 is 9.53 Å². The van der Waals surface area contributed by atoms with E-state index in [1.807, 2.05) is 38.1 Å². The molecule has 5 heteroatoms. The summed E-state index contributed by atoms with van der Waals surface area (Å²) in [5, 5.41) is 2.62. The van der Waals surface area contributed by atoms with Crippen molar-refractivity contribution in [3.8, 4) is 5.75 Å². The monoisotopic (exact) mass is 276 g/mol. The average Bonchev–Trinajstić information content (AvgIpc) is 2.87. The number of thiazole rings is 1. The zero-order valence-electron chi connectivity index (χ0n) is 11.4. The maximum Gasteiger partial charge on any atom is 0.212 e. The number of benzene rings is 1. The first-order valence-corrected chi connectivity index (χ1v) is 6.73. The minimum atomic E-state index is -0.0601. The summed E-state index contributed by atoms with van der Waals surface area (Å²) in [6.07, 6.45) is 0. The molecule has 0 aliphatic heterocycles. The number of nitrogens with zero attached hydrogens (tertiary/aromatic N) is 2. The van der Waals surface area contributed by atoms with Gasteiger partial charge in [-0.05, 0) is 30.7 Å². The SMILES string of the molecule is COc1ccc(C(=O)c2csc(N(C)C)n2)cc1C. The van der Waals surface area contributed by atoms with Crippen molar-refractivity contribution in [3.63, 3.8) is 0 Å². The quantitative estimate of drug-likeness (QED) is 0.805. The Morgan fingerprint density at radius 3 is 2.63 bits per heavy atom. The Bertz CT molecular complexity index is 605. The number of carbonyl (C=O) groups is 1. The third-order valence-electron chi connectivity index (χ3n) is 2.76. The van der Waals surface area contributed by atoms with E-state index in [1.54, 1.807) is 18.6 Å². The van der Waals surface area contributed by atoms with Crippen molar-refractivity contribution in [1.29, 1.82) is 0 Å². The summed E-state index contributed by atoms with van der Waals surface area (Å²) in [5.41, 5.74) is 2.06. The van der Waals surface area contributed by atoms with Crippen LogP contribution >= 0.6 is 11.3 Å². The summed E-state index contributed by atoms with van der Waals surface area (Å²) in [6, 6.07) is 5.40. The van der Waals surface area contributed by atoms with E-state index in [-0.39, 0.29) is 5.78 Å². The second-order valence-corrected chi connectivity index (χ2v) is 5.26. The van der Waals surface area contributed by atoms with E-state index in [2.05, 4.69) is 4.98 Å². The molecule has 0 radical (unpaired) electrons. The van der Waals surface area contributed by atoms with Crippen LogP contribution in [0.3, 0.4) is 0 Å². The van der Waals surface area contributed by atoms with Gasteiger partial charge >= 0.3 is 0 Å². The van der Waals surface area contributed by atoms with Crippen LogP contribution in [0.4, 0.5) is 5.13 Å². The van der Waals surface area contributed by atoms with Gasteiger partial charge in [0.15, 0.2) is 5.13 Å². The average molecular weight is 276 g/mol. The number of aryl methyl sites for hydroxylation is 1. The fourth-order valence-corrected chi connectivity index (χ4v) is 2.48. The summed E-state index contributed by atoms with van der Waals surface area (Å²) in [5.74, 6) is 0.721. The molecule has 0 spiro atoms. The molecule has 1 heterocycles. The highest BCUT2D eigenvalue weighted by Crippen LogP contribution is 2.23. The number of aromatic nitrogens is 1. The predicted octanol–water partition coefficient (Wildman–Crippen LogP) is 2.76. The van der Waals surface area contributed by atoms with Crippen LogP contribution in [0.15, 0.2) is 23.6 Å². The molecule has 0 atom stereocenters. The Hall–Kier alpha value is -1.88. The van der Waals surface area contributed by atoms with Gasteiger partial charge in [-0.15, -0.1) is 11.3 Å². The summed E-state index contributed by atoms with van der Waals surface area (Å²) in [4.78, 5) is 18.5. The lowest BCUT2D eigenvalue weighted by atomic mass is 10.1. The predicted molar refractivity (Wildman–Crippen MR) is 77.6 cm³/mol. The molecule has 0 amide bonds. The normalized spacial score (nSPS) is 10.3. The molecule has 0 bridgehead atoms. The van der Waals surface area contributed by atoms with Gasteiger partial charge in [0, 0.05) is 25.0 Å². The molecule has 0 aliphatic rings. The van der Waals surface area contributed by atoms with Gasteiger partial charge in [-0.1, -0.05) is 0 Å². The zero-order chi connectivity index (χ0) is 14.0. The van der Waals surface area contributed by atoms with Crippen molar-refractivity contribution in [2.24, 2.45) is 0 Å². The molecule has 1 aromatic carbocycles. The van der Waals surface area contributed by atoms with E-state index in [4.69, 9.17) is 4.74 Å². The molecule has 19 heavy (non-hydrogen) atoms. The van der Waals surface area contributed by atoms with Gasteiger partial charge in [0.25, 0.3) is 0 Å². The molecule has 4 nitrogen and oxygen atoms in total. The summed E-state index contributed by atoms with van der Waals surface area (Å²) >= 11 is 1.46. The highest BCUT2D eigenvalue weighted by Gasteiger charge is 2.15. The fourth-order valence-electron chi connectivity index (χ4n) is 1.74. The zero-order valence-corrected chi connectivity index (χ0v) is 12.2. The summed E-state index contributed by atoms with van der Waals surface area (Å²) in [7, 11) is 5.43. The Balaban J connectivity index is 2.30. The number of anilines is 1. The lowest BCUT2D eigenvalue weighted by Crippen LogP contribution is -2.09. The molecule has 100 valence electrons. The van der Waals surface area contributed by atoms with Crippen molar-refractivity contribution in [2.45, 2.75) is 6.92 Å². The molecule has 1 aromatic heterocycles. The van der Waals surface area contributed by atoms with Crippen molar-refractivity contribution in [2.75, 3.05) is 26.1 Å². The van der Waals surface area contributed by atoms with Crippen LogP contribution in [0.1, 0.15) is 21.6 Å². The maximum absolute atomic E-state index is 12.3. The first-order valence-electron chi connectivity index (χ1n) is 5.85. The Kier molecular flexibility index (Phi) is 3.85. The third-order valence-corrected chi connectivity index (χ3v) is 3.77. The van der Waals surface area contributed by atoms with Crippen LogP contribution in [0.5, 0.6) is 5.75 Å². The lowest BCUT2D eigenvalue weighted by Gasteiger charge is -2.06. The van der Waals surface area contributed by atoms with Crippen LogP contribution in [-0.4, -0.2) is 32.0 Å². The molecule has 0 N–H and O–H groups in total. The van der Waals surface area contributed by atoms with Crippen LogP contribution < -0.4 is 9.64 Å². The van der Waals surface area contributed by atoms with Crippen LogP contribution in [0, 0.1) is 6.92 Å². The van der Waals surface area contributed by atoms with Gasteiger partial charge in [-0.2, -0.15) is 0 Å². The molecule has 0 saturated carbocycles. The molecule has 0 aliphatic carbocycles. The van der Waals surface area contributed by atoms with E-state index in [0.29, 0.717) is 11.3 Å². The van der Waals surface area contributed by atoms with Crippen molar-refractivity contribution in [1.82, 2.24) is 4.98 Å². The summed E-state index contributed by atoms with van der Waals surface area (Å²) < 4.78 is 5.19. The Morgan fingerprint density at radius 2 is 2.11 bits per heavy atom. The first kappa shape index (κ1) is 13.5. The standard InChI is InChI=1S/C14H16N2O2S/c1-9-7-10(5-6-12(9)18-4)13(17)11-8-19-14(15-11)16(2)3/h5-8H,1-4H3. The Labute approximate surface area is 116 Å². The van der Waals surface area contributed by atoms with E-state index < -0.39 is 0 Å². The van der Waals surface area contributed by atoms with Gasteiger partial charge in [0.1, 0.15) is 11.4 Å². The minimum Gasteiger partial charge on any atom is -0.496 e. The lowest BCUT2D eigenvalue weighted by molar-refractivity contribution is 0.103. The fraction of sp³-hybridized carbons (Fsp3) is 0.286. The topological polar surface area (TPSA) is 42.4 Å². The number of ether oxygens (including phenoxy) is 1. The number of methoxy groups -OCH3 is 1. The van der Waals surface area contributed by atoms with Crippen LogP contribution in [-0.2, 0) is 0 Å². The largest absolute Gasteiger partial charge is 0.496 e. The van der Waals surface area contributed by atoms with E-state index in [1.165, 1.54) is 11.3 Å². The van der Waals surface area contributed by atoms with Crippen molar-refractivity contribution in [3.05, 3.63) is 40.4 Å². The van der Waals surface area contributed by atoms with Gasteiger partial charge < -0.3 is 9.64 Å². The maximum atomic E-state index is 12.3. The number of hydrogen-bond acceptors (Lipinski definition) is 5. The number of ketones is 1. The number of carbonyl (C=O) groups excluding carboxylic acids is 1. The van der Waals surface area contributed by atoms with Gasteiger partial charge in [0.2, 0.25) is 5.78 Å². The molecule has 0 unspecified atom stereocenters. The number of rotatable bonds is 4. The van der Waals surface area contributed by atoms with Gasteiger partial charge in [-0.25, -0.2) is 4.98 Å². The molecule has 2 rings (SSSR count). The second-order valence-electron chi connectivity index (χ2n) is 4.42. The summed E-state index contributed by atoms with van der Waals surface area (Å²) in [6.45, 7) is 1.92. The van der Waals surface area contributed by atoms with Gasteiger partial charge in [-0.3, -0.25) is 4.79 Å². The smallest absolute Gasteiger partial charge is 0.212 e. The molecule has 2 aromatic rings. The first-order chi connectivity index (χ1) is 9.02. The molecule has 0 fully saturated rings. The van der Waals surface area contributed by atoms with E-state index >= 15 is 0 Å². The highest BCUT2D eigenvalue weighted by molar-refractivity contribution is 7.13. The van der Waals surface area contributed by atoms with Gasteiger partial charge in [0.05, 0.1) is 7.11 Å². The van der Waals surface area contributed by atoms with Crippen molar-refractivity contribution >= 4 is 22.3 Å². The molecule has 0 saturated heterocycles. The van der Waals surface area contributed by atoms with E-state index in [9.17, 15) is 4.79 Å². The van der Waals surface area contributed by atoms with Crippen LogP contribution in [0.25, 0.3) is 0 Å². The third kappa shape index (κ3) is 2.76. The second kappa shape index (κ2) is 5.40. The van der Waals surface area contributed by atoms with Crippen LogP contribution in [0.2, 0.25) is 0 Å². The number of hydrogen-bond donors (Lipinski definition) is 0.